The molecule has 3 fully saturated rings. The summed E-state index contributed by atoms with van der Waals surface area (Å²) in [5.41, 5.74) is 21.7. The first-order valence-corrected chi connectivity index (χ1v) is 52.2. The van der Waals surface area contributed by atoms with Gasteiger partial charge in [-0.25, -0.2) is 24.9 Å². The molecule has 148 heavy (non-hydrogen) atoms. The standard InChI is InChI=1S/C29H29BN2O2.C23H17BrN2.C17H14N2.C13H8BrNOS.C12H24B2O4.C12H11N.C6H4BrI.C5H4BrN.CH2O3.2K.H/c1-28(2)29(3,4)34-30(33-28)23-15-12-16-24(21-23)32(27-19-10-11-20-31-27)26-18-9-8-17-25(26)22-13-6-5-7-14-22;24-19-11-8-12-20(17-19)26(23-15-6-7-16-25-23)22-14-5-4-13-21(22)18-9-2-1-3-10-18;1-2-8-14(9-3-1)15-10-4-5-11-16(15)19-17-12-6-7-13-18-17;14-9-5-3-7-11-12(9)15-13(17-11)8-4-1-2-6-10(8)16;1-9(2)10(3,4)16-13(15-9)14-17-11(5,6)12(7,8)18-14;13-12-9-5-4-8-11(12)10-6-2-1-3-7-10;7-5-2-1-3-6(8)4-5;6-5-3-1-2-4-7-5;2-1-4-3;;;/h5-21H,1-4H3;1-17H;1-13H,(H,18,19);1-7,16H;1-8H3;1-9H,13H2;1-4H;1-4H;1,3H;;;/q;;;;;;;;;2*+1;-1/p-1. The molecular formula is C118H113B3Br4IK2N9O10S. The van der Waals surface area contributed by atoms with E-state index in [1.165, 1.54) is 31.4 Å². The van der Waals surface area contributed by atoms with Crippen molar-refractivity contribution in [2.24, 2.45) is 0 Å². The van der Waals surface area contributed by atoms with E-state index in [-0.39, 0.29) is 139 Å². The van der Waals surface area contributed by atoms with Gasteiger partial charge in [0, 0.05) is 86.8 Å². The van der Waals surface area contributed by atoms with Crippen molar-refractivity contribution in [1.82, 2.24) is 24.9 Å². The number of rotatable bonds is 16. The number of para-hydroxylation sites is 6. The number of nitrogens with two attached hydrogens (primary N) is 1. The quantitative estimate of drug-likeness (QED) is 0.0155. The average Bonchev–Trinajstić information content (AvgIpc) is 1.59. The van der Waals surface area contributed by atoms with Crippen molar-refractivity contribution >= 4 is 193 Å². The van der Waals surface area contributed by atoms with Gasteiger partial charge in [-0.2, -0.15) is 0 Å². The topological polar surface area (TPSA) is 234 Å². The van der Waals surface area contributed by atoms with Crippen molar-refractivity contribution < 1.29 is 152 Å². The Morgan fingerprint density at radius 1 is 0.399 bits per heavy atom. The van der Waals surface area contributed by atoms with Crippen molar-refractivity contribution in [3.63, 3.8) is 0 Å². The summed E-state index contributed by atoms with van der Waals surface area (Å²) < 4.78 is 42.9. The van der Waals surface area contributed by atoms with Gasteiger partial charge < -0.3 is 55.7 Å². The third kappa shape index (κ3) is 33.1. The Kier molecular flexibility index (Phi) is 46.1. The monoisotopic (exact) mass is 2400 g/mol. The van der Waals surface area contributed by atoms with E-state index < -0.39 is 32.3 Å². The number of anilines is 9. The molecule has 0 radical (unpaired) electrons. The molecule has 742 valence electrons. The number of nitrogens with one attached hydrogen (secondary N) is 1. The molecule has 21 rings (SSSR count). The normalized spacial score (nSPS) is 14.0. The van der Waals surface area contributed by atoms with E-state index in [4.69, 9.17) is 48.7 Å². The van der Waals surface area contributed by atoms with Crippen LogP contribution in [0.1, 0.15) is 84.5 Å². The number of aromatic hydroxyl groups is 1. The molecule has 13 aromatic carbocycles. The van der Waals surface area contributed by atoms with Gasteiger partial charge in [-0.15, -0.1) is 11.3 Å². The molecule has 3 aliphatic rings. The first-order valence-electron chi connectivity index (χ1n) is 47.1. The molecule has 0 unspecified atom stereocenters. The van der Waals surface area contributed by atoms with Crippen LogP contribution in [0.4, 0.5) is 51.6 Å². The molecule has 3 saturated heterocycles. The molecule has 30 heteroatoms. The number of phenols is 1. The number of halogens is 5. The number of thiazole rings is 1. The Morgan fingerprint density at radius 2 is 0.777 bits per heavy atom. The van der Waals surface area contributed by atoms with Crippen LogP contribution < -0.4 is 134 Å². The number of nitrogens with zero attached hydrogens (tertiary/aromatic N) is 7. The fraction of sp³-hybridized carbons (Fsp3) is 0.153. The van der Waals surface area contributed by atoms with Crippen LogP contribution in [0.15, 0.2) is 449 Å². The zero-order valence-electron chi connectivity index (χ0n) is 85.9. The number of nitrogen functional groups attached to an aromatic ring is 1. The Morgan fingerprint density at radius 3 is 1.19 bits per heavy atom. The second-order valence-electron chi connectivity index (χ2n) is 36.3. The van der Waals surface area contributed by atoms with Crippen molar-refractivity contribution in [3.8, 4) is 60.8 Å². The molecule has 0 atom stereocenters. The number of fused-ring (bicyclic) bond motifs is 1. The van der Waals surface area contributed by atoms with Gasteiger partial charge >= 0.3 is 124 Å². The van der Waals surface area contributed by atoms with Gasteiger partial charge in [0.25, 0.3) is 6.47 Å². The molecule has 0 amide bonds. The molecule has 0 spiro atoms. The Balaban J connectivity index is 0.000000179. The van der Waals surface area contributed by atoms with Gasteiger partial charge in [0.15, 0.2) is 0 Å². The Labute approximate surface area is 1010 Å². The van der Waals surface area contributed by atoms with Crippen molar-refractivity contribution in [2.45, 2.75) is 117 Å². The fourth-order valence-electron chi connectivity index (χ4n) is 15.1. The van der Waals surface area contributed by atoms with Crippen LogP contribution in [0.25, 0.3) is 65.3 Å². The number of carbonyl (C=O) groups is 1. The third-order valence-corrected chi connectivity index (χ3v) is 28.5. The maximum atomic E-state index is 9.81. The second-order valence-corrected chi connectivity index (χ2v) is 42.1. The fourth-order valence-corrected chi connectivity index (χ4v) is 18.8. The summed E-state index contributed by atoms with van der Waals surface area (Å²) in [7, 11) is -1.38. The van der Waals surface area contributed by atoms with Gasteiger partial charge in [-0.05, 0) is 311 Å². The smallest absolute Gasteiger partial charge is 1.00 e. The number of aromatic nitrogens is 5. The molecule has 19 nitrogen and oxygen atoms in total. The van der Waals surface area contributed by atoms with Crippen LogP contribution in [0.3, 0.4) is 0 Å². The summed E-state index contributed by atoms with van der Waals surface area (Å²) >= 11 is 17.5. The first kappa shape index (κ1) is 119. The van der Waals surface area contributed by atoms with Crippen LogP contribution in [0.2, 0.25) is 0 Å². The van der Waals surface area contributed by atoms with E-state index in [2.05, 4.69) is 336 Å². The van der Waals surface area contributed by atoms with Crippen LogP contribution in [-0.4, -0.2) is 91.2 Å². The van der Waals surface area contributed by atoms with E-state index in [1.807, 2.05) is 286 Å². The predicted molar refractivity (Wildman–Crippen MR) is 621 cm³/mol. The molecule has 4 N–H and O–H groups in total. The zero-order valence-corrected chi connectivity index (χ0v) is 100. The van der Waals surface area contributed by atoms with E-state index in [9.17, 15) is 5.11 Å². The van der Waals surface area contributed by atoms with E-state index >= 15 is 0 Å². The van der Waals surface area contributed by atoms with Crippen molar-refractivity contribution in [3.05, 3.63) is 453 Å². The molecule has 3 aliphatic heterocycles. The maximum Gasteiger partial charge on any atom is 1.00 e. The minimum Gasteiger partial charge on any atom is -1.00 e. The summed E-state index contributed by atoms with van der Waals surface area (Å²) in [5.74, 6) is 2.85. The van der Waals surface area contributed by atoms with Gasteiger partial charge in [0.2, 0.25) is 0 Å². The molecule has 8 heterocycles. The molecule has 18 aromatic rings. The summed E-state index contributed by atoms with van der Waals surface area (Å²) in [6.45, 7) is 24.3. The Bertz CT molecular complexity index is 7090. The van der Waals surface area contributed by atoms with Gasteiger partial charge in [-0.1, -0.05) is 293 Å². The molecule has 0 aliphatic carbocycles. The van der Waals surface area contributed by atoms with Crippen LogP contribution in [0, 0.1) is 3.57 Å². The summed E-state index contributed by atoms with van der Waals surface area (Å²) in [5, 5.41) is 22.4. The number of phenolic OH excluding ortho intramolecular Hbond substituents is 1. The average molecular weight is 2410 g/mol. The molecule has 5 aromatic heterocycles. The number of carbonyl (C=O) groups excluding carboxylic acids is 1. The maximum absolute atomic E-state index is 9.81. The number of hydrogen-bond donors (Lipinski definition) is 3. The minimum atomic E-state index is -0.476. The van der Waals surface area contributed by atoms with Crippen molar-refractivity contribution in [1.29, 1.82) is 0 Å². The second kappa shape index (κ2) is 57.4. The molecule has 0 bridgehead atoms. The van der Waals surface area contributed by atoms with Gasteiger partial charge in [0.1, 0.15) is 32.8 Å². The SMILES string of the molecule is Brc1cccc(I)c1.Brc1cccc(N(c2ccccn2)c2ccccc2-c2ccccc2)c1.Brc1ccccn1.CC1(C)OB(B2OC(C)(C)C(C)(C)O2)OC1(C)C.CC1(C)OB(c2cccc(N(c3ccccn3)c3ccccc3-c3ccccc3)c2)OC1(C)C.Nc1ccccc1-c1ccccc1.O=CO[O-].Oc1ccccc1-c1nc2c(Br)cccc2s1.[H-].[K+].[K+].c1ccc(-c2ccccc2Nc2ccccn2)cc1. The molecule has 0 saturated carbocycles. The largest absolute Gasteiger partial charge is 1.00 e. The summed E-state index contributed by atoms with van der Waals surface area (Å²) in [6, 6.07) is 136. The summed E-state index contributed by atoms with van der Waals surface area (Å²) in [4.78, 5) is 37.7. The number of hydrogen-bond acceptors (Lipinski definition) is 20. The van der Waals surface area contributed by atoms with E-state index in [1.54, 1.807) is 29.8 Å². The van der Waals surface area contributed by atoms with Gasteiger partial charge in [-0.3, -0.25) is 14.6 Å². The first-order chi connectivity index (χ1) is 70.2. The summed E-state index contributed by atoms with van der Waals surface area (Å²) in [6.07, 6.45) is 7.18. The predicted octanol–water partition coefficient (Wildman–Crippen LogP) is 25.1. The number of pyridine rings is 4. The minimum absolute atomic E-state index is 0. The van der Waals surface area contributed by atoms with Crippen LogP contribution >= 0.6 is 97.6 Å². The number of benzene rings is 13. The Hall–Kier alpha value is -9.34. The van der Waals surface area contributed by atoms with E-state index in [0.29, 0.717) is 0 Å². The van der Waals surface area contributed by atoms with E-state index in [0.717, 1.165) is 113 Å². The van der Waals surface area contributed by atoms with Crippen LogP contribution in [0.5, 0.6) is 5.75 Å². The molecular weight excluding hydrogens is 2290 g/mol. The van der Waals surface area contributed by atoms with Crippen molar-refractivity contribution in [2.75, 3.05) is 20.9 Å². The van der Waals surface area contributed by atoms with Crippen LogP contribution in [-0.2, 0) is 37.6 Å². The third-order valence-electron chi connectivity index (χ3n) is 24.6. The van der Waals surface area contributed by atoms with Gasteiger partial charge in [0.05, 0.1) is 60.8 Å². The zero-order chi connectivity index (χ0) is 104.